The summed E-state index contributed by atoms with van der Waals surface area (Å²) in [5, 5.41) is 0. The second-order valence-electron chi connectivity index (χ2n) is 6.01. The van der Waals surface area contributed by atoms with E-state index in [1.165, 1.54) is 45.1 Å². The van der Waals surface area contributed by atoms with Crippen molar-refractivity contribution in [1.29, 1.82) is 0 Å². The summed E-state index contributed by atoms with van der Waals surface area (Å²) in [5.41, 5.74) is 5.84. The molecule has 2 N–H and O–H groups in total. The minimum atomic E-state index is 0.750. The van der Waals surface area contributed by atoms with Crippen LogP contribution in [0.3, 0.4) is 0 Å². The molecule has 0 amide bonds. The van der Waals surface area contributed by atoms with Gasteiger partial charge in [-0.25, -0.2) is 0 Å². The van der Waals surface area contributed by atoms with Crippen LogP contribution in [0, 0.1) is 11.8 Å². The highest BCUT2D eigenvalue weighted by atomic mass is 15.2. The van der Waals surface area contributed by atoms with Crippen LogP contribution in [0.4, 0.5) is 0 Å². The summed E-state index contributed by atoms with van der Waals surface area (Å²) in [6.07, 6.45) is 8.51. The van der Waals surface area contributed by atoms with Gasteiger partial charge in [0.05, 0.1) is 0 Å². The molecule has 0 aromatic carbocycles. The number of rotatable bonds is 3. The van der Waals surface area contributed by atoms with Gasteiger partial charge in [0.15, 0.2) is 0 Å². The molecule has 2 aliphatic rings. The van der Waals surface area contributed by atoms with E-state index in [2.05, 4.69) is 18.7 Å². The van der Waals surface area contributed by atoms with E-state index in [1.54, 1.807) is 0 Å². The fourth-order valence-electron chi connectivity index (χ4n) is 3.68. The van der Waals surface area contributed by atoms with Gasteiger partial charge in [0.1, 0.15) is 0 Å². The van der Waals surface area contributed by atoms with Crippen LogP contribution in [0.1, 0.15) is 52.4 Å². The summed E-state index contributed by atoms with van der Waals surface area (Å²) >= 11 is 0. The molecule has 0 aromatic heterocycles. The van der Waals surface area contributed by atoms with Crippen LogP contribution in [0.25, 0.3) is 0 Å². The fraction of sp³-hybridized carbons (Fsp3) is 1.00. The number of nitrogens with two attached hydrogens (primary N) is 1. The van der Waals surface area contributed by atoms with Crippen LogP contribution < -0.4 is 5.73 Å². The largest absolute Gasteiger partial charge is 0.330 e. The van der Waals surface area contributed by atoms with E-state index >= 15 is 0 Å². The molecule has 1 aliphatic heterocycles. The number of likely N-dealkylation sites (tertiary alicyclic amines) is 1. The molecular formula is C14H28N2. The highest BCUT2D eigenvalue weighted by Gasteiger charge is 2.32. The summed E-state index contributed by atoms with van der Waals surface area (Å²) in [6.45, 7) is 6.97. The van der Waals surface area contributed by atoms with Crippen molar-refractivity contribution in [1.82, 2.24) is 4.90 Å². The number of nitrogens with zero attached hydrogens (tertiary/aromatic N) is 1. The Labute approximate surface area is 101 Å². The Balaban J connectivity index is 1.94. The SMILES string of the molecule is CC1CCC(CN)CN1C(C)C1CCCC1. The predicted octanol–water partition coefficient (Wildman–Crippen LogP) is 2.62. The van der Waals surface area contributed by atoms with E-state index in [0.717, 1.165) is 30.5 Å². The van der Waals surface area contributed by atoms with Gasteiger partial charge in [-0.2, -0.15) is 0 Å². The van der Waals surface area contributed by atoms with Crippen molar-refractivity contribution in [2.24, 2.45) is 17.6 Å². The van der Waals surface area contributed by atoms with Crippen LogP contribution in [-0.2, 0) is 0 Å². The maximum absolute atomic E-state index is 5.84. The standard InChI is InChI=1S/C14H28N2/c1-11-7-8-13(9-15)10-16(11)12(2)14-5-3-4-6-14/h11-14H,3-10,15H2,1-2H3. The molecule has 2 fully saturated rings. The lowest BCUT2D eigenvalue weighted by Gasteiger charge is -2.43. The second-order valence-corrected chi connectivity index (χ2v) is 6.01. The quantitative estimate of drug-likeness (QED) is 0.798. The first-order valence-electron chi connectivity index (χ1n) is 7.18. The Bertz CT molecular complexity index is 211. The third-order valence-corrected chi connectivity index (χ3v) is 4.97. The first-order chi connectivity index (χ1) is 7.72. The highest BCUT2D eigenvalue weighted by molar-refractivity contribution is 4.87. The summed E-state index contributed by atoms with van der Waals surface area (Å²) in [6, 6.07) is 1.56. The molecule has 16 heavy (non-hydrogen) atoms. The zero-order chi connectivity index (χ0) is 11.5. The summed E-state index contributed by atoms with van der Waals surface area (Å²) in [4.78, 5) is 2.75. The van der Waals surface area contributed by atoms with Gasteiger partial charge < -0.3 is 5.73 Å². The van der Waals surface area contributed by atoms with Crippen LogP contribution >= 0.6 is 0 Å². The molecule has 1 saturated heterocycles. The van der Waals surface area contributed by atoms with Crippen molar-refractivity contribution >= 4 is 0 Å². The molecule has 0 radical (unpaired) electrons. The third-order valence-electron chi connectivity index (χ3n) is 4.97. The molecule has 94 valence electrons. The van der Waals surface area contributed by atoms with Gasteiger partial charge in [0.2, 0.25) is 0 Å². The van der Waals surface area contributed by atoms with Crippen LogP contribution in [0.5, 0.6) is 0 Å². The number of hydrogen-bond donors (Lipinski definition) is 1. The van der Waals surface area contributed by atoms with Crippen LogP contribution in [0.15, 0.2) is 0 Å². The van der Waals surface area contributed by atoms with Gasteiger partial charge in [-0.15, -0.1) is 0 Å². The lowest BCUT2D eigenvalue weighted by molar-refractivity contribution is 0.0545. The normalized spacial score (nSPS) is 35.4. The van der Waals surface area contributed by atoms with Crippen molar-refractivity contribution in [3.8, 4) is 0 Å². The van der Waals surface area contributed by atoms with Gasteiger partial charge >= 0.3 is 0 Å². The highest BCUT2D eigenvalue weighted by Crippen LogP contribution is 2.33. The Morgan fingerprint density at radius 2 is 1.88 bits per heavy atom. The van der Waals surface area contributed by atoms with E-state index in [0.29, 0.717) is 0 Å². The zero-order valence-corrected chi connectivity index (χ0v) is 11.0. The van der Waals surface area contributed by atoms with E-state index in [1.807, 2.05) is 0 Å². The van der Waals surface area contributed by atoms with Gasteiger partial charge in [-0.1, -0.05) is 12.8 Å². The van der Waals surface area contributed by atoms with Crippen molar-refractivity contribution in [3.05, 3.63) is 0 Å². The van der Waals surface area contributed by atoms with E-state index in [4.69, 9.17) is 5.73 Å². The maximum Gasteiger partial charge on any atom is 0.00981 e. The zero-order valence-electron chi connectivity index (χ0n) is 11.0. The minimum Gasteiger partial charge on any atom is -0.330 e. The molecule has 3 unspecified atom stereocenters. The molecular weight excluding hydrogens is 196 g/mol. The molecule has 3 atom stereocenters. The van der Waals surface area contributed by atoms with Crippen molar-refractivity contribution in [2.75, 3.05) is 13.1 Å². The monoisotopic (exact) mass is 224 g/mol. The average Bonchev–Trinajstić information content (AvgIpc) is 2.82. The van der Waals surface area contributed by atoms with Crippen molar-refractivity contribution < 1.29 is 0 Å². The molecule has 0 spiro atoms. The molecule has 0 bridgehead atoms. The van der Waals surface area contributed by atoms with E-state index in [-0.39, 0.29) is 0 Å². The second kappa shape index (κ2) is 5.50. The lowest BCUT2D eigenvalue weighted by Crippen LogP contribution is -2.50. The number of hydrogen-bond acceptors (Lipinski definition) is 2. The molecule has 2 nitrogen and oxygen atoms in total. The van der Waals surface area contributed by atoms with E-state index in [9.17, 15) is 0 Å². The Kier molecular flexibility index (Phi) is 4.26. The van der Waals surface area contributed by atoms with Crippen molar-refractivity contribution in [2.45, 2.75) is 64.5 Å². The van der Waals surface area contributed by atoms with Gasteiger partial charge in [0, 0.05) is 18.6 Å². The lowest BCUT2D eigenvalue weighted by atomic mass is 9.89. The fourth-order valence-corrected chi connectivity index (χ4v) is 3.68. The third kappa shape index (κ3) is 2.60. The first kappa shape index (κ1) is 12.4. The minimum absolute atomic E-state index is 0.750. The van der Waals surface area contributed by atoms with E-state index < -0.39 is 0 Å². The Morgan fingerprint density at radius 3 is 2.50 bits per heavy atom. The van der Waals surface area contributed by atoms with Crippen molar-refractivity contribution in [3.63, 3.8) is 0 Å². The summed E-state index contributed by atoms with van der Waals surface area (Å²) in [5.74, 6) is 1.71. The predicted molar refractivity (Wildman–Crippen MR) is 69.4 cm³/mol. The molecule has 1 heterocycles. The van der Waals surface area contributed by atoms with Crippen LogP contribution in [-0.4, -0.2) is 30.1 Å². The van der Waals surface area contributed by atoms with Gasteiger partial charge in [-0.05, 0) is 57.9 Å². The van der Waals surface area contributed by atoms with Gasteiger partial charge in [0.25, 0.3) is 0 Å². The van der Waals surface area contributed by atoms with Gasteiger partial charge in [-0.3, -0.25) is 4.90 Å². The topological polar surface area (TPSA) is 29.3 Å². The molecule has 2 heteroatoms. The molecule has 1 saturated carbocycles. The van der Waals surface area contributed by atoms with Crippen LogP contribution in [0.2, 0.25) is 0 Å². The molecule has 0 aromatic rings. The Morgan fingerprint density at radius 1 is 1.19 bits per heavy atom. The Hall–Kier alpha value is -0.0800. The molecule has 2 rings (SSSR count). The first-order valence-corrected chi connectivity index (χ1v) is 7.18. The summed E-state index contributed by atoms with van der Waals surface area (Å²) in [7, 11) is 0. The number of piperidine rings is 1. The smallest absolute Gasteiger partial charge is 0.00981 e. The summed E-state index contributed by atoms with van der Waals surface area (Å²) < 4.78 is 0. The molecule has 1 aliphatic carbocycles. The maximum atomic E-state index is 5.84. The average molecular weight is 224 g/mol.